The van der Waals surface area contributed by atoms with Crippen LogP contribution < -0.4 is 0 Å². The van der Waals surface area contributed by atoms with Gasteiger partial charge in [0.2, 0.25) is 0 Å². The Labute approximate surface area is 101 Å². The summed E-state index contributed by atoms with van der Waals surface area (Å²) in [5.41, 5.74) is 0. The van der Waals surface area contributed by atoms with Crippen molar-refractivity contribution < 1.29 is 4.74 Å². The Morgan fingerprint density at radius 2 is 2.50 bits per heavy atom. The van der Waals surface area contributed by atoms with Crippen molar-refractivity contribution in [2.75, 3.05) is 5.33 Å². The number of rotatable bonds is 2. The first-order chi connectivity index (χ1) is 6.79. The van der Waals surface area contributed by atoms with E-state index >= 15 is 0 Å². The average Bonchev–Trinajstić information content (AvgIpc) is 2.65. The molecule has 2 unspecified atom stereocenters. The lowest BCUT2D eigenvalue weighted by atomic mass is 10.1. The second-order valence-corrected chi connectivity index (χ2v) is 5.68. The molecular formula is C9H11BrClNOS. The summed E-state index contributed by atoms with van der Waals surface area (Å²) in [5.74, 6) is 0. The van der Waals surface area contributed by atoms with Crippen molar-refractivity contribution in [3.05, 3.63) is 15.5 Å². The highest BCUT2D eigenvalue weighted by molar-refractivity contribution is 9.09. The van der Waals surface area contributed by atoms with Crippen LogP contribution in [0.25, 0.3) is 0 Å². The summed E-state index contributed by atoms with van der Waals surface area (Å²) >= 11 is 10.8. The van der Waals surface area contributed by atoms with Crippen molar-refractivity contribution in [1.82, 2.24) is 4.98 Å². The fourth-order valence-corrected chi connectivity index (χ4v) is 3.09. The molecule has 14 heavy (non-hydrogen) atoms. The third-order valence-corrected chi connectivity index (χ3v) is 4.22. The number of alkyl halides is 1. The Bertz CT molecular complexity index is 307. The lowest BCUT2D eigenvalue weighted by Crippen LogP contribution is -2.23. The molecule has 1 aliphatic rings. The van der Waals surface area contributed by atoms with Crippen LogP contribution in [0.4, 0.5) is 0 Å². The van der Waals surface area contributed by atoms with E-state index in [1.54, 1.807) is 6.20 Å². The number of aromatic nitrogens is 1. The Kier molecular flexibility index (Phi) is 3.82. The SMILES string of the molecule is Clc1cnc(C2CCCC(CBr)O2)s1. The zero-order valence-corrected chi connectivity index (χ0v) is 10.7. The molecule has 0 amide bonds. The predicted octanol–water partition coefficient (Wildman–Crippen LogP) is 3.80. The summed E-state index contributed by atoms with van der Waals surface area (Å²) in [4.78, 5) is 4.25. The number of halogens is 2. The molecule has 2 heterocycles. The van der Waals surface area contributed by atoms with E-state index in [0.717, 1.165) is 27.5 Å². The maximum atomic E-state index is 5.88. The minimum Gasteiger partial charge on any atom is -0.367 e. The van der Waals surface area contributed by atoms with E-state index in [0.29, 0.717) is 6.10 Å². The molecule has 1 fully saturated rings. The van der Waals surface area contributed by atoms with Crippen LogP contribution in [-0.2, 0) is 4.74 Å². The van der Waals surface area contributed by atoms with Gasteiger partial charge in [-0.05, 0) is 19.3 Å². The zero-order chi connectivity index (χ0) is 9.97. The maximum Gasteiger partial charge on any atom is 0.123 e. The van der Waals surface area contributed by atoms with Crippen molar-refractivity contribution in [2.45, 2.75) is 31.5 Å². The number of hydrogen-bond donors (Lipinski definition) is 0. The first kappa shape index (κ1) is 10.9. The largest absolute Gasteiger partial charge is 0.367 e. The van der Waals surface area contributed by atoms with Crippen LogP contribution in [-0.4, -0.2) is 16.4 Å². The van der Waals surface area contributed by atoms with E-state index in [2.05, 4.69) is 20.9 Å². The van der Waals surface area contributed by atoms with E-state index < -0.39 is 0 Å². The Morgan fingerprint density at radius 3 is 3.14 bits per heavy atom. The van der Waals surface area contributed by atoms with Crippen LogP contribution in [0.15, 0.2) is 6.20 Å². The van der Waals surface area contributed by atoms with E-state index in [4.69, 9.17) is 16.3 Å². The smallest absolute Gasteiger partial charge is 0.123 e. The fraction of sp³-hybridized carbons (Fsp3) is 0.667. The first-order valence-electron chi connectivity index (χ1n) is 4.62. The van der Waals surface area contributed by atoms with Crippen LogP contribution in [0.3, 0.4) is 0 Å². The summed E-state index contributed by atoms with van der Waals surface area (Å²) in [6, 6.07) is 0. The molecule has 5 heteroatoms. The Morgan fingerprint density at radius 1 is 1.64 bits per heavy atom. The minimum atomic E-state index is 0.156. The molecule has 0 spiro atoms. The highest BCUT2D eigenvalue weighted by Crippen LogP contribution is 2.34. The topological polar surface area (TPSA) is 22.1 Å². The van der Waals surface area contributed by atoms with Gasteiger partial charge in [0, 0.05) is 5.33 Å². The summed E-state index contributed by atoms with van der Waals surface area (Å²) in [6.07, 6.45) is 5.59. The van der Waals surface area contributed by atoms with Crippen molar-refractivity contribution >= 4 is 38.9 Å². The van der Waals surface area contributed by atoms with E-state index in [9.17, 15) is 0 Å². The van der Waals surface area contributed by atoms with Gasteiger partial charge >= 0.3 is 0 Å². The summed E-state index contributed by atoms with van der Waals surface area (Å²) in [6.45, 7) is 0. The van der Waals surface area contributed by atoms with E-state index in [1.165, 1.54) is 17.8 Å². The van der Waals surface area contributed by atoms with Crippen molar-refractivity contribution in [3.63, 3.8) is 0 Å². The van der Waals surface area contributed by atoms with Gasteiger partial charge in [0.1, 0.15) is 15.4 Å². The summed E-state index contributed by atoms with van der Waals surface area (Å²) < 4.78 is 6.62. The van der Waals surface area contributed by atoms with Crippen LogP contribution >= 0.6 is 38.9 Å². The molecule has 0 aromatic carbocycles. The van der Waals surface area contributed by atoms with Gasteiger partial charge in [-0.1, -0.05) is 27.5 Å². The molecule has 2 rings (SSSR count). The molecular weight excluding hydrogens is 286 g/mol. The third kappa shape index (κ3) is 2.48. The van der Waals surface area contributed by atoms with Gasteiger partial charge in [0.05, 0.1) is 12.3 Å². The standard InChI is InChI=1S/C9H11BrClNOS/c10-4-6-2-1-3-7(13-6)9-12-5-8(11)14-9/h5-7H,1-4H2. The predicted molar refractivity (Wildman–Crippen MR) is 62.4 cm³/mol. The van der Waals surface area contributed by atoms with Gasteiger partial charge in [-0.2, -0.15) is 0 Å². The fourth-order valence-electron chi connectivity index (χ4n) is 1.61. The van der Waals surface area contributed by atoms with Gasteiger partial charge in [0.25, 0.3) is 0 Å². The number of ether oxygens (including phenoxy) is 1. The normalized spacial score (nSPS) is 27.9. The molecule has 0 saturated carbocycles. The van der Waals surface area contributed by atoms with E-state index in [1.807, 2.05) is 0 Å². The van der Waals surface area contributed by atoms with Crippen LogP contribution in [0.1, 0.15) is 30.4 Å². The van der Waals surface area contributed by atoms with Gasteiger partial charge in [-0.25, -0.2) is 4.98 Å². The molecule has 1 saturated heterocycles. The van der Waals surface area contributed by atoms with Crippen molar-refractivity contribution in [2.24, 2.45) is 0 Å². The van der Waals surface area contributed by atoms with Gasteiger partial charge in [-0.15, -0.1) is 11.3 Å². The molecule has 2 nitrogen and oxygen atoms in total. The molecule has 1 aromatic heterocycles. The zero-order valence-electron chi connectivity index (χ0n) is 7.58. The Hall–Kier alpha value is 0.360. The molecule has 0 aliphatic carbocycles. The minimum absolute atomic E-state index is 0.156. The number of nitrogens with zero attached hydrogens (tertiary/aromatic N) is 1. The van der Waals surface area contributed by atoms with Crippen molar-refractivity contribution in [1.29, 1.82) is 0 Å². The molecule has 0 N–H and O–H groups in total. The van der Waals surface area contributed by atoms with Gasteiger partial charge < -0.3 is 4.74 Å². The monoisotopic (exact) mass is 295 g/mol. The Balaban J connectivity index is 2.04. The van der Waals surface area contributed by atoms with Gasteiger partial charge in [0.15, 0.2) is 0 Å². The third-order valence-electron chi connectivity index (χ3n) is 2.29. The molecule has 78 valence electrons. The van der Waals surface area contributed by atoms with Crippen LogP contribution in [0, 0.1) is 0 Å². The molecule has 1 aromatic rings. The quantitative estimate of drug-likeness (QED) is 0.774. The van der Waals surface area contributed by atoms with Gasteiger partial charge in [-0.3, -0.25) is 0 Å². The first-order valence-corrected chi connectivity index (χ1v) is 6.94. The number of thiazole rings is 1. The maximum absolute atomic E-state index is 5.88. The highest BCUT2D eigenvalue weighted by Gasteiger charge is 2.24. The van der Waals surface area contributed by atoms with Crippen molar-refractivity contribution in [3.8, 4) is 0 Å². The second kappa shape index (κ2) is 4.92. The second-order valence-electron chi connectivity index (χ2n) is 3.33. The number of hydrogen-bond acceptors (Lipinski definition) is 3. The average molecular weight is 297 g/mol. The molecule has 0 radical (unpaired) electrons. The highest BCUT2D eigenvalue weighted by atomic mass is 79.9. The van der Waals surface area contributed by atoms with Crippen LogP contribution in [0.2, 0.25) is 4.34 Å². The lowest BCUT2D eigenvalue weighted by Gasteiger charge is -2.27. The summed E-state index contributed by atoms with van der Waals surface area (Å²) in [5, 5.41) is 1.92. The summed E-state index contributed by atoms with van der Waals surface area (Å²) in [7, 11) is 0. The molecule has 2 atom stereocenters. The van der Waals surface area contributed by atoms with Crippen LogP contribution in [0.5, 0.6) is 0 Å². The van der Waals surface area contributed by atoms with E-state index in [-0.39, 0.29) is 6.10 Å². The molecule has 1 aliphatic heterocycles. The molecule has 0 bridgehead atoms. The lowest BCUT2D eigenvalue weighted by molar-refractivity contribution is -0.0384.